The van der Waals surface area contributed by atoms with Crippen LogP contribution < -0.4 is 10.1 Å². The highest BCUT2D eigenvalue weighted by Crippen LogP contribution is 2.40. The number of carbonyl (C=O) groups excluding carboxylic acids is 1. The van der Waals surface area contributed by atoms with Gasteiger partial charge in [0.2, 0.25) is 0 Å². The van der Waals surface area contributed by atoms with Crippen LogP contribution in [0.2, 0.25) is 0 Å². The molecule has 0 aliphatic heterocycles. The molecule has 0 aliphatic carbocycles. The fourth-order valence-electron chi connectivity index (χ4n) is 3.00. The fourth-order valence-corrected chi connectivity index (χ4v) is 5.31. The molecule has 4 rings (SSSR count). The molecular formula is C23H18Br2N2O2S. The van der Waals surface area contributed by atoms with Crippen molar-refractivity contribution in [2.45, 2.75) is 20.0 Å². The maximum atomic E-state index is 12.9. The third-order valence-electron chi connectivity index (χ3n) is 4.31. The predicted octanol–water partition coefficient (Wildman–Crippen LogP) is 7.53. The average molecular weight is 546 g/mol. The third-order valence-corrected chi connectivity index (χ3v) is 6.46. The van der Waals surface area contributed by atoms with Gasteiger partial charge in [-0.25, -0.2) is 4.98 Å². The summed E-state index contributed by atoms with van der Waals surface area (Å²) in [6.45, 7) is 3.94. The molecule has 0 fully saturated rings. The van der Waals surface area contributed by atoms with Crippen LogP contribution >= 0.6 is 43.2 Å². The van der Waals surface area contributed by atoms with Crippen molar-refractivity contribution in [1.82, 2.24) is 4.98 Å². The van der Waals surface area contributed by atoms with E-state index in [1.807, 2.05) is 50.2 Å². The number of thiazole rings is 1. The van der Waals surface area contributed by atoms with E-state index in [1.165, 1.54) is 0 Å². The number of hydrogen-bond acceptors (Lipinski definition) is 4. The minimum absolute atomic E-state index is 0.0831. The lowest BCUT2D eigenvalue weighted by Crippen LogP contribution is -2.13. The van der Waals surface area contributed by atoms with Crippen LogP contribution in [0.5, 0.6) is 5.75 Å². The lowest BCUT2D eigenvalue weighted by Gasteiger charge is -2.13. The Morgan fingerprint density at radius 3 is 2.50 bits per heavy atom. The number of rotatable bonds is 5. The highest BCUT2D eigenvalue weighted by atomic mass is 79.9. The van der Waals surface area contributed by atoms with E-state index in [0.29, 0.717) is 11.3 Å². The number of hydrogen-bond donors (Lipinski definition) is 1. The second-order valence-electron chi connectivity index (χ2n) is 6.94. The number of para-hydroxylation sites is 1. The summed E-state index contributed by atoms with van der Waals surface area (Å²) in [7, 11) is 0. The highest BCUT2D eigenvalue weighted by molar-refractivity contribution is 9.11. The normalized spacial score (nSPS) is 11.1. The van der Waals surface area contributed by atoms with E-state index in [-0.39, 0.29) is 12.0 Å². The molecule has 4 nitrogen and oxygen atoms in total. The minimum Gasteiger partial charge on any atom is -0.491 e. The summed E-state index contributed by atoms with van der Waals surface area (Å²) in [5.41, 5.74) is 3.03. The zero-order valence-corrected chi connectivity index (χ0v) is 20.3. The number of carbonyl (C=O) groups is 1. The van der Waals surface area contributed by atoms with Gasteiger partial charge in [-0.2, -0.15) is 0 Å². The van der Waals surface area contributed by atoms with Crippen molar-refractivity contribution in [3.05, 3.63) is 75.2 Å². The smallest absolute Gasteiger partial charge is 0.255 e. The van der Waals surface area contributed by atoms with Gasteiger partial charge in [-0.05, 0) is 78.3 Å². The van der Waals surface area contributed by atoms with Crippen LogP contribution in [0.4, 0.5) is 5.69 Å². The van der Waals surface area contributed by atoms with E-state index >= 15 is 0 Å². The summed E-state index contributed by atoms with van der Waals surface area (Å²) in [5, 5.41) is 3.89. The first-order valence-corrected chi connectivity index (χ1v) is 11.7. The molecule has 0 radical (unpaired) electrons. The van der Waals surface area contributed by atoms with E-state index in [0.717, 1.165) is 35.5 Å². The first-order valence-electron chi connectivity index (χ1n) is 9.34. The SMILES string of the molecule is CC(C)Oc1ccc(C(=O)Nc2c(Br)cc(Br)cc2-c2nc3ccccc3s2)cc1. The first-order chi connectivity index (χ1) is 14.4. The van der Waals surface area contributed by atoms with Gasteiger partial charge in [-0.15, -0.1) is 11.3 Å². The van der Waals surface area contributed by atoms with Gasteiger partial charge < -0.3 is 10.1 Å². The number of nitrogens with one attached hydrogen (secondary N) is 1. The van der Waals surface area contributed by atoms with Crippen molar-refractivity contribution in [1.29, 1.82) is 0 Å². The fraction of sp³-hybridized carbons (Fsp3) is 0.130. The summed E-state index contributed by atoms with van der Waals surface area (Å²) in [4.78, 5) is 17.7. The molecule has 0 bridgehead atoms. The van der Waals surface area contributed by atoms with Crippen LogP contribution in [0, 0.1) is 0 Å². The molecule has 1 amide bonds. The standard InChI is InChI=1S/C23H18Br2N2O2S/c1-13(2)29-16-9-7-14(8-10-16)22(28)27-21-17(11-15(24)12-18(21)25)23-26-19-5-3-4-6-20(19)30-23/h3-13H,1-2H3,(H,27,28). The van der Waals surface area contributed by atoms with Crippen LogP contribution in [-0.4, -0.2) is 17.0 Å². The summed E-state index contributed by atoms with van der Waals surface area (Å²) in [5.74, 6) is 0.540. The molecule has 4 aromatic rings. The van der Waals surface area contributed by atoms with Gasteiger partial charge in [0, 0.05) is 20.1 Å². The Hall–Kier alpha value is -2.22. The molecule has 1 aromatic heterocycles. The summed E-state index contributed by atoms with van der Waals surface area (Å²) in [6, 6.07) is 19.0. The Morgan fingerprint density at radius 1 is 1.07 bits per heavy atom. The van der Waals surface area contributed by atoms with Crippen LogP contribution in [0.15, 0.2) is 69.6 Å². The first kappa shape index (κ1) is 21.0. The Kier molecular flexibility index (Phi) is 6.22. The summed E-state index contributed by atoms with van der Waals surface area (Å²) >= 11 is 8.73. The molecule has 0 saturated carbocycles. The van der Waals surface area contributed by atoms with Crippen LogP contribution in [0.3, 0.4) is 0 Å². The lowest BCUT2D eigenvalue weighted by molar-refractivity contribution is 0.102. The molecule has 1 N–H and O–H groups in total. The van der Waals surface area contributed by atoms with Gasteiger partial charge in [-0.1, -0.05) is 28.1 Å². The maximum absolute atomic E-state index is 12.9. The second-order valence-corrected chi connectivity index (χ2v) is 9.74. The van der Waals surface area contributed by atoms with E-state index in [4.69, 9.17) is 9.72 Å². The number of fused-ring (bicyclic) bond motifs is 1. The Balaban J connectivity index is 1.68. The van der Waals surface area contributed by atoms with E-state index in [9.17, 15) is 4.79 Å². The molecular weight excluding hydrogens is 528 g/mol. The number of benzene rings is 3. The van der Waals surface area contributed by atoms with Crippen LogP contribution in [-0.2, 0) is 0 Å². The number of anilines is 1. The van der Waals surface area contributed by atoms with Gasteiger partial charge in [0.15, 0.2) is 0 Å². The van der Waals surface area contributed by atoms with Crippen molar-refractivity contribution in [3.63, 3.8) is 0 Å². The maximum Gasteiger partial charge on any atom is 0.255 e. The van der Waals surface area contributed by atoms with Gasteiger partial charge in [0.25, 0.3) is 5.91 Å². The molecule has 7 heteroatoms. The average Bonchev–Trinajstić information content (AvgIpc) is 3.14. The minimum atomic E-state index is -0.198. The largest absolute Gasteiger partial charge is 0.491 e. The Bertz CT molecular complexity index is 1190. The molecule has 152 valence electrons. The van der Waals surface area contributed by atoms with Crippen molar-refractivity contribution >= 4 is 65.0 Å². The zero-order valence-electron chi connectivity index (χ0n) is 16.3. The lowest BCUT2D eigenvalue weighted by atomic mass is 10.1. The van der Waals surface area contributed by atoms with Crippen molar-refractivity contribution in [2.75, 3.05) is 5.32 Å². The van der Waals surface area contributed by atoms with E-state index in [1.54, 1.807) is 35.6 Å². The zero-order chi connectivity index (χ0) is 21.3. The molecule has 30 heavy (non-hydrogen) atoms. The molecule has 1 heterocycles. The van der Waals surface area contributed by atoms with Gasteiger partial charge >= 0.3 is 0 Å². The molecule has 0 atom stereocenters. The van der Waals surface area contributed by atoms with E-state index in [2.05, 4.69) is 37.2 Å². The van der Waals surface area contributed by atoms with Crippen molar-refractivity contribution < 1.29 is 9.53 Å². The number of halogens is 2. The van der Waals surface area contributed by atoms with Gasteiger partial charge in [-0.3, -0.25) is 4.79 Å². The predicted molar refractivity (Wildman–Crippen MR) is 131 cm³/mol. The third kappa shape index (κ3) is 4.58. The van der Waals surface area contributed by atoms with Crippen LogP contribution in [0.25, 0.3) is 20.8 Å². The van der Waals surface area contributed by atoms with Gasteiger partial charge in [0.1, 0.15) is 10.8 Å². The number of aromatic nitrogens is 1. The number of ether oxygens (including phenoxy) is 1. The highest BCUT2D eigenvalue weighted by Gasteiger charge is 2.17. The summed E-state index contributed by atoms with van der Waals surface area (Å²) < 4.78 is 8.43. The van der Waals surface area contributed by atoms with Gasteiger partial charge in [0.05, 0.1) is 22.0 Å². The molecule has 0 aliphatic rings. The molecule has 0 unspecified atom stereocenters. The van der Waals surface area contributed by atoms with E-state index < -0.39 is 0 Å². The number of nitrogens with zero attached hydrogens (tertiary/aromatic N) is 1. The second kappa shape index (κ2) is 8.88. The quantitative estimate of drug-likeness (QED) is 0.282. The summed E-state index contributed by atoms with van der Waals surface area (Å²) in [6.07, 6.45) is 0.0831. The van der Waals surface area contributed by atoms with Crippen LogP contribution in [0.1, 0.15) is 24.2 Å². The number of amides is 1. The Labute approximate surface area is 195 Å². The monoisotopic (exact) mass is 544 g/mol. The topological polar surface area (TPSA) is 51.2 Å². The molecule has 0 saturated heterocycles. The molecule has 0 spiro atoms. The van der Waals surface area contributed by atoms with Crippen molar-refractivity contribution in [3.8, 4) is 16.3 Å². The van der Waals surface area contributed by atoms with Crippen molar-refractivity contribution in [2.24, 2.45) is 0 Å². The molecule has 3 aromatic carbocycles. The Morgan fingerprint density at radius 2 is 1.80 bits per heavy atom.